The summed E-state index contributed by atoms with van der Waals surface area (Å²) in [6, 6.07) is 3.88. The molecule has 0 radical (unpaired) electrons. The number of benzene rings is 1. The number of rotatable bonds is 7. The van der Waals surface area contributed by atoms with Crippen LogP contribution in [0, 0.1) is 0 Å². The first kappa shape index (κ1) is 22.9. The summed E-state index contributed by atoms with van der Waals surface area (Å²) in [5, 5.41) is 0. The lowest BCUT2D eigenvalue weighted by atomic mass is 10.2. The molecule has 0 saturated carbocycles. The van der Waals surface area contributed by atoms with E-state index in [1.807, 2.05) is 6.92 Å². The Kier molecular flexibility index (Phi) is 6.72. The second-order valence-corrected chi connectivity index (χ2v) is 11.3. The molecule has 2 saturated heterocycles. The van der Waals surface area contributed by atoms with Gasteiger partial charge in [-0.2, -0.15) is 0 Å². The predicted octanol–water partition coefficient (Wildman–Crippen LogP) is -0.324. The van der Waals surface area contributed by atoms with E-state index in [0.29, 0.717) is 4.31 Å². The minimum atomic E-state index is -4.00. The number of carbonyl (C=O) groups is 1. The van der Waals surface area contributed by atoms with Crippen LogP contribution in [0.15, 0.2) is 23.1 Å². The number of likely N-dealkylation sites (N-methyl/N-ethyl adjacent to an activating group) is 1. The van der Waals surface area contributed by atoms with E-state index in [1.165, 1.54) is 25.3 Å². The van der Waals surface area contributed by atoms with Crippen LogP contribution in [-0.4, -0.2) is 91.2 Å². The van der Waals surface area contributed by atoms with Gasteiger partial charge in [0.05, 0.1) is 18.6 Å². The molecule has 1 aromatic rings. The minimum absolute atomic E-state index is 0.00853. The van der Waals surface area contributed by atoms with E-state index in [4.69, 9.17) is 4.74 Å². The molecule has 0 bridgehead atoms. The average molecular weight is 461 g/mol. The van der Waals surface area contributed by atoms with Crippen LogP contribution in [0.25, 0.3) is 0 Å². The highest BCUT2D eigenvalue weighted by molar-refractivity contribution is 7.94. The van der Waals surface area contributed by atoms with Crippen molar-refractivity contribution in [3.8, 4) is 5.75 Å². The standard InChI is InChI=1S/C18H28N4O6S2/c1-14(21-9-7-20(2)8-10-21)13-19-30(26,27)17-12-15(4-5-16(17)28-3)22-18(23)6-11-29(22,24)25/h4-5,12,14,19H,6-11,13H2,1-3H3. The molecule has 0 spiro atoms. The number of ether oxygens (including phenoxy) is 1. The van der Waals surface area contributed by atoms with Crippen molar-refractivity contribution < 1.29 is 26.4 Å². The highest BCUT2D eigenvalue weighted by Crippen LogP contribution is 2.32. The maximum Gasteiger partial charge on any atom is 0.244 e. The molecule has 1 unspecified atom stereocenters. The highest BCUT2D eigenvalue weighted by atomic mass is 32.2. The van der Waals surface area contributed by atoms with E-state index in [9.17, 15) is 21.6 Å². The van der Waals surface area contributed by atoms with Crippen molar-refractivity contribution in [2.24, 2.45) is 0 Å². The van der Waals surface area contributed by atoms with Crippen LogP contribution in [0.4, 0.5) is 5.69 Å². The van der Waals surface area contributed by atoms with Gasteiger partial charge >= 0.3 is 0 Å². The van der Waals surface area contributed by atoms with Gasteiger partial charge in [-0.1, -0.05) is 0 Å². The number of sulfonamides is 2. The molecule has 1 aromatic carbocycles. The Balaban J connectivity index is 1.81. The fourth-order valence-corrected chi connectivity index (χ4v) is 6.33. The summed E-state index contributed by atoms with van der Waals surface area (Å²) in [6.07, 6.45) is -0.128. The topological polar surface area (TPSA) is 116 Å². The minimum Gasteiger partial charge on any atom is -0.495 e. The Morgan fingerprint density at radius 1 is 1.20 bits per heavy atom. The van der Waals surface area contributed by atoms with Gasteiger partial charge in [-0.15, -0.1) is 0 Å². The summed E-state index contributed by atoms with van der Waals surface area (Å²) in [5.74, 6) is -0.802. The third-order valence-corrected chi connectivity index (χ3v) is 8.62. The summed E-state index contributed by atoms with van der Waals surface area (Å²) in [7, 11) is -4.42. The summed E-state index contributed by atoms with van der Waals surface area (Å²) < 4.78 is 58.8. The molecule has 2 fully saturated rings. The second kappa shape index (κ2) is 8.79. The van der Waals surface area contributed by atoms with Crippen LogP contribution in [0.5, 0.6) is 5.75 Å². The van der Waals surface area contributed by atoms with Crippen molar-refractivity contribution in [2.75, 3.05) is 56.9 Å². The Bertz CT molecular complexity index is 1000. The maximum absolute atomic E-state index is 13.0. The molecule has 168 valence electrons. The Labute approximate surface area is 177 Å². The van der Waals surface area contributed by atoms with Gasteiger partial charge in [-0.3, -0.25) is 9.69 Å². The van der Waals surface area contributed by atoms with Crippen molar-refractivity contribution in [1.29, 1.82) is 0 Å². The zero-order valence-corrected chi connectivity index (χ0v) is 19.0. The first-order chi connectivity index (χ1) is 14.0. The Morgan fingerprint density at radius 3 is 2.43 bits per heavy atom. The zero-order valence-electron chi connectivity index (χ0n) is 17.4. The third kappa shape index (κ3) is 4.78. The van der Waals surface area contributed by atoms with Crippen molar-refractivity contribution in [3.05, 3.63) is 18.2 Å². The number of piperazine rings is 1. The van der Waals surface area contributed by atoms with Gasteiger partial charge in [0.1, 0.15) is 10.6 Å². The number of nitrogens with zero attached hydrogens (tertiary/aromatic N) is 3. The van der Waals surface area contributed by atoms with Crippen LogP contribution < -0.4 is 13.8 Å². The second-order valence-electron chi connectivity index (χ2n) is 7.60. The molecule has 1 N–H and O–H groups in total. The SMILES string of the molecule is COc1ccc(N2C(=O)CCS2(=O)=O)cc1S(=O)(=O)NCC(C)N1CCN(C)CC1. The molecule has 0 aromatic heterocycles. The van der Waals surface area contributed by atoms with E-state index >= 15 is 0 Å². The van der Waals surface area contributed by atoms with Crippen molar-refractivity contribution in [1.82, 2.24) is 14.5 Å². The summed E-state index contributed by atoms with van der Waals surface area (Å²) in [4.78, 5) is 16.3. The first-order valence-electron chi connectivity index (χ1n) is 9.71. The number of anilines is 1. The lowest BCUT2D eigenvalue weighted by Gasteiger charge is -2.36. The van der Waals surface area contributed by atoms with E-state index in [1.54, 1.807) is 0 Å². The normalized spacial score (nSPS) is 21.7. The molecule has 12 heteroatoms. The van der Waals surface area contributed by atoms with Gasteiger partial charge in [-0.25, -0.2) is 25.9 Å². The predicted molar refractivity (Wildman–Crippen MR) is 113 cm³/mol. The molecule has 2 aliphatic rings. The molecule has 30 heavy (non-hydrogen) atoms. The highest BCUT2D eigenvalue weighted by Gasteiger charge is 2.37. The van der Waals surface area contributed by atoms with Gasteiger partial charge in [0, 0.05) is 45.2 Å². The lowest BCUT2D eigenvalue weighted by Crippen LogP contribution is -2.51. The smallest absolute Gasteiger partial charge is 0.244 e. The van der Waals surface area contributed by atoms with Gasteiger partial charge in [0.15, 0.2) is 0 Å². The van der Waals surface area contributed by atoms with E-state index in [-0.39, 0.29) is 41.1 Å². The number of nitrogens with one attached hydrogen (secondary N) is 1. The van der Waals surface area contributed by atoms with Crippen molar-refractivity contribution in [3.63, 3.8) is 0 Å². The fraction of sp³-hybridized carbons (Fsp3) is 0.611. The fourth-order valence-electron chi connectivity index (χ4n) is 3.57. The van der Waals surface area contributed by atoms with Gasteiger partial charge in [0.2, 0.25) is 26.0 Å². The quantitative estimate of drug-likeness (QED) is 0.588. The number of hydrogen-bond acceptors (Lipinski definition) is 8. The number of methoxy groups -OCH3 is 1. The molecule has 10 nitrogen and oxygen atoms in total. The maximum atomic E-state index is 13.0. The Hall–Kier alpha value is -1.73. The monoisotopic (exact) mass is 460 g/mol. The summed E-state index contributed by atoms with van der Waals surface area (Å²) in [6.45, 7) is 5.70. The van der Waals surface area contributed by atoms with Crippen molar-refractivity contribution in [2.45, 2.75) is 24.3 Å². The van der Waals surface area contributed by atoms with Gasteiger partial charge < -0.3 is 9.64 Å². The van der Waals surface area contributed by atoms with E-state index < -0.39 is 26.0 Å². The largest absolute Gasteiger partial charge is 0.495 e. The summed E-state index contributed by atoms with van der Waals surface area (Å²) in [5.41, 5.74) is -0.00853. The molecule has 0 aliphatic carbocycles. The number of hydrogen-bond donors (Lipinski definition) is 1. The molecule has 1 amide bonds. The third-order valence-electron chi connectivity index (χ3n) is 5.48. The summed E-state index contributed by atoms with van der Waals surface area (Å²) >= 11 is 0. The first-order valence-corrected chi connectivity index (χ1v) is 12.8. The molecule has 3 rings (SSSR count). The van der Waals surface area contributed by atoms with Gasteiger partial charge in [0.25, 0.3) is 0 Å². The van der Waals surface area contributed by atoms with Crippen LogP contribution in [-0.2, 0) is 24.8 Å². The van der Waals surface area contributed by atoms with Crippen LogP contribution in [0.3, 0.4) is 0 Å². The van der Waals surface area contributed by atoms with Crippen LogP contribution >= 0.6 is 0 Å². The van der Waals surface area contributed by atoms with Crippen LogP contribution in [0.1, 0.15) is 13.3 Å². The average Bonchev–Trinajstić information content (AvgIpc) is 2.98. The molecule has 1 atom stereocenters. The van der Waals surface area contributed by atoms with E-state index in [0.717, 1.165) is 26.2 Å². The zero-order chi connectivity index (χ0) is 22.1. The lowest BCUT2D eigenvalue weighted by molar-refractivity contribution is -0.116. The Morgan fingerprint density at radius 2 is 1.87 bits per heavy atom. The molecule has 2 heterocycles. The van der Waals surface area contributed by atoms with Crippen molar-refractivity contribution >= 4 is 31.6 Å². The van der Waals surface area contributed by atoms with E-state index in [2.05, 4.69) is 21.6 Å². The van der Waals surface area contributed by atoms with Crippen LogP contribution in [0.2, 0.25) is 0 Å². The number of amides is 1. The van der Waals surface area contributed by atoms with Gasteiger partial charge in [-0.05, 0) is 32.2 Å². The molecular weight excluding hydrogens is 432 g/mol. The molecule has 2 aliphatic heterocycles. The number of carbonyl (C=O) groups excluding carboxylic acids is 1. The molecular formula is C18H28N4O6S2.